The van der Waals surface area contributed by atoms with Gasteiger partial charge in [0.15, 0.2) is 0 Å². The summed E-state index contributed by atoms with van der Waals surface area (Å²) in [4.78, 5) is 0. The van der Waals surface area contributed by atoms with Crippen molar-refractivity contribution in [3.05, 3.63) is 34.3 Å². The topological polar surface area (TPSA) is 32.3 Å². The van der Waals surface area contributed by atoms with E-state index in [1.54, 1.807) is 11.8 Å². The van der Waals surface area contributed by atoms with E-state index in [0.717, 1.165) is 16.6 Å². The standard InChI is InChI=1S/C14H22BrNOS/c1-11(16-9-14(2,17)10-18-3)8-12-4-6-13(15)7-5-12/h4-7,11,16-17H,8-10H2,1-3H3. The van der Waals surface area contributed by atoms with Crippen molar-refractivity contribution >= 4 is 27.7 Å². The van der Waals surface area contributed by atoms with E-state index in [9.17, 15) is 5.11 Å². The minimum atomic E-state index is -0.632. The molecule has 102 valence electrons. The average molecular weight is 332 g/mol. The van der Waals surface area contributed by atoms with Gasteiger partial charge in [-0.1, -0.05) is 28.1 Å². The molecule has 2 unspecified atom stereocenters. The number of nitrogens with one attached hydrogen (secondary N) is 1. The van der Waals surface area contributed by atoms with Crippen molar-refractivity contribution in [1.29, 1.82) is 0 Å². The van der Waals surface area contributed by atoms with E-state index in [-0.39, 0.29) is 0 Å². The Bertz CT molecular complexity index is 353. The summed E-state index contributed by atoms with van der Waals surface area (Å²) < 4.78 is 1.11. The molecule has 0 saturated heterocycles. The monoisotopic (exact) mass is 331 g/mol. The van der Waals surface area contributed by atoms with E-state index < -0.39 is 5.60 Å². The summed E-state index contributed by atoms with van der Waals surface area (Å²) >= 11 is 5.11. The van der Waals surface area contributed by atoms with Gasteiger partial charge in [0, 0.05) is 22.8 Å². The highest BCUT2D eigenvalue weighted by Gasteiger charge is 2.19. The number of aliphatic hydroxyl groups is 1. The molecule has 1 aromatic rings. The first-order chi connectivity index (χ1) is 8.43. The maximum atomic E-state index is 10.1. The van der Waals surface area contributed by atoms with Gasteiger partial charge in [-0.25, -0.2) is 0 Å². The predicted octanol–water partition coefficient (Wildman–Crippen LogP) is 3.08. The lowest BCUT2D eigenvalue weighted by atomic mass is 10.1. The molecule has 0 bridgehead atoms. The van der Waals surface area contributed by atoms with Gasteiger partial charge in [-0.2, -0.15) is 11.8 Å². The molecule has 4 heteroatoms. The van der Waals surface area contributed by atoms with Crippen molar-refractivity contribution in [3.8, 4) is 0 Å². The Morgan fingerprint density at radius 3 is 2.56 bits per heavy atom. The molecule has 2 nitrogen and oxygen atoms in total. The van der Waals surface area contributed by atoms with Crippen molar-refractivity contribution in [2.24, 2.45) is 0 Å². The second-order valence-corrected chi connectivity index (χ2v) is 6.82. The summed E-state index contributed by atoms with van der Waals surface area (Å²) in [6.07, 6.45) is 2.99. The Hall–Kier alpha value is -0.0300. The second kappa shape index (κ2) is 7.53. The van der Waals surface area contributed by atoms with Crippen molar-refractivity contribution in [3.63, 3.8) is 0 Å². The zero-order valence-electron chi connectivity index (χ0n) is 11.2. The molecule has 0 saturated carbocycles. The largest absolute Gasteiger partial charge is 0.388 e. The third-order valence-corrected chi connectivity index (χ3v) is 4.18. The SMILES string of the molecule is CSCC(C)(O)CNC(C)Cc1ccc(Br)cc1. The average Bonchev–Trinajstić information content (AvgIpc) is 2.30. The highest BCUT2D eigenvalue weighted by Crippen LogP contribution is 2.13. The normalized spacial score (nSPS) is 16.3. The molecule has 0 heterocycles. The molecule has 1 aromatic carbocycles. The molecule has 0 aliphatic rings. The minimum absolute atomic E-state index is 0.361. The lowest BCUT2D eigenvalue weighted by Crippen LogP contribution is -2.43. The van der Waals surface area contributed by atoms with Crippen molar-refractivity contribution < 1.29 is 5.11 Å². The Kier molecular flexibility index (Phi) is 6.71. The van der Waals surface area contributed by atoms with Gasteiger partial charge >= 0.3 is 0 Å². The first-order valence-electron chi connectivity index (χ1n) is 6.12. The summed E-state index contributed by atoms with van der Waals surface area (Å²) in [5.41, 5.74) is 0.677. The summed E-state index contributed by atoms with van der Waals surface area (Å²) in [6, 6.07) is 8.74. The lowest BCUT2D eigenvalue weighted by Gasteiger charge is -2.25. The third kappa shape index (κ3) is 6.23. The summed E-state index contributed by atoms with van der Waals surface area (Å²) in [5, 5.41) is 13.5. The maximum absolute atomic E-state index is 10.1. The molecule has 0 aliphatic carbocycles. The van der Waals surface area contributed by atoms with Gasteiger partial charge in [0.05, 0.1) is 5.60 Å². The quantitative estimate of drug-likeness (QED) is 0.805. The summed E-state index contributed by atoms with van der Waals surface area (Å²) in [5.74, 6) is 0.755. The number of rotatable bonds is 7. The second-order valence-electron chi connectivity index (χ2n) is 5.04. The van der Waals surface area contributed by atoms with E-state index in [0.29, 0.717) is 12.6 Å². The fourth-order valence-corrected chi connectivity index (χ4v) is 2.79. The maximum Gasteiger partial charge on any atom is 0.0833 e. The molecule has 0 aliphatic heterocycles. The van der Waals surface area contributed by atoms with Crippen LogP contribution in [0.4, 0.5) is 0 Å². The zero-order valence-corrected chi connectivity index (χ0v) is 13.6. The predicted molar refractivity (Wildman–Crippen MR) is 84.3 cm³/mol. The van der Waals surface area contributed by atoms with Gasteiger partial charge in [-0.15, -0.1) is 0 Å². The molecule has 0 fully saturated rings. The lowest BCUT2D eigenvalue weighted by molar-refractivity contribution is 0.0820. The van der Waals surface area contributed by atoms with Crippen LogP contribution in [0.2, 0.25) is 0 Å². The number of benzene rings is 1. The smallest absolute Gasteiger partial charge is 0.0833 e. The molecular formula is C14H22BrNOS. The molecule has 0 spiro atoms. The van der Waals surface area contributed by atoms with E-state index in [1.165, 1.54) is 5.56 Å². The number of hydrogen-bond acceptors (Lipinski definition) is 3. The van der Waals surface area contributed by atoms with E-state index in [1.807, 2.05) is 13.2 Å². The van der Waals surface area contributed by atoms with Gasteiger partial charge in [0.1, 0.15) is 0 Å². The van der Waals surface area contributed by atoms with Crippen LogP contribution in [0.15, 0.2) is 28.7 Å². The minimum Gasteiger partial charge on any atom is -0.388 e. The van der Waals surface area contributed by atoms with Gasteiger partial charge in [0.2, 0.25) is 0 Å². The van der Waals surface area contributed by atoms with Crippen LogP contribution in [-0.2, 0) is 6.42 Å². The van der Waals surface area contributed by atoms with Crippen molar-refractivity contribution in [2.45, 2.75) is 31.9 Å². The van der Waals surface area contributed by atoms with Crippen LogP contribution in [0.1, 0.15) is 19.4 Å². The molecule has 1 rings (SSSR count). The number of halogens is 1. The molecule has 18 heavy (non-hydrogen) atoms. The summed E-state index contributed by atoms with van der Waals surface area (Å²) in [6.45, 7) is 4.66. The van der Waals surface area contributed by atoms with Crippen LogP contribution >= 0.6 is 27.7 Å². The Balaban J connectivity index is 2.37. The van der Waals surface area contributed by atoms with E-state index in [2.05, 4.69) is 52.4 Å². The van der Waals surface area contributed by atoms with Gasteiger partial charge in [0.25, 0.3) is 0 Å². The molecule has 0 radical (unpaired) electrons. The molecule has 2 N–H and O–H groups in total. The van der Waals surface area contributed by atoms with Gasteiger partial charge < -0.3 is 10.4 Å². The molecule has 0 amide bonds. The molecular weight excluding hydrogens is 310 g/mol. The number of hydrogen-bond donors (Lipinski definition) is 2. The zero-order chi connectivity index (χ0) is 13.6. The highest BCUT2D eigenvalue weighted by atomic mass is 79.9. The van der Waals surface area contributed by atoms with Crippen LogP contribution in [0.25, 0.3) is 0 Å². The van der Waals surface area contributed by atoms with Crippen LogP contribution in [0, 0.1) is 0 Å². The van der Waals surface area contributed by atoms with E-state index >= 15 is 0 Å². The van der Waals surface area contributed by atoms with Crippen LogP contribution < -0.4 is 5.32 Å². The van der Waals surface area contributed by atoms with E-state index in [4.69, 9.17) is 0 Å². The van der Waals surface area contributed by atoms with Crippen molar-refractivity contribution in [2.75, 3.05) is 18.6 Å². The number of thioether (sulfide) groups is 1. The third-order valence-electron chi connectivity index (χ3n) is 2.74. The first kappa shape index (κ1) is 16.0. The van der Waals surface area contributed by atoms with Gasteiger partial charge in [-0.3, -0.25) is 0 Å². The van der Waals surface area contributed by atoms with Crippen molar-refractivity contribution in [1.82, 2.24) is 5.32 Å². The fraction of sp³-hybridized carbons (Fsp3) is 0.571. The molecule has 2 atom stereocenters. The first-order valence-corrected chi connectivity index (χ1v) is 8.31. The Labute approximate surface area is 123 Å². The van der Waals surface area contributed by atoms with Crippen LogP contribution in [0.3, 0.4) is 0 Å². The highest BCUT2D eigenvalue weighted by molar-refractivity contribution is 9.10. The summed E-state index contributed by atoms with van der Waals surface area (Å²) in [7, 11) is 0. The fourth-order valence-electron chi connectivity index (χ4n) is 1.80. The van der Waals surface area contributed by atoms with Crippen LogP contribution in [0.5, 0.6) is 0 Å². The Morgan fingerprint density at radius 2 is 2.00 bits per heavy atom. The van der Waals surface area contributed by atoms with Crippen LogP contribution in [-0.4, -0.2) is 35.3 Å². The van der Waals surface area contributed by atoms with Gasteiger partial charge in [-0.05, 0) is 44.2 Å². The molecule has 0 aromatic heterocycles. The Morgan fingerprint density at radius 1 is 1.39 bits per heavy atom.